The Kier molecular flexibility index (Phi) is 5.42. The van der Waals surface area contributed by atoms with Crippen LogP contribution in [0.4, 0.5) is 0 Å². The smallest absolute Gasteiger partial charge is 0.258 e. The standard InChI is InChI=1S/C24H28ClN3O3/c1-15-26-22(30-13-16-2-4-20(25)5-3-16)9-23(27-15)31-14-21(29)28-24-10-17-6-18(11-24)8-19(7-17)12-24/h2-5,9,17-19,27H,1,6-8,10-14H2,(H,28,29). The summed E-state index contributed by atoms with van der Waals surface area (Å²) in [5.41, 5.74) is 0.962. The van der Waals surface area contributed by atoms with Crippen LogP contribution in [0.15, 0.2) is 53.6 Å². The maximum Gasteiger partial charge on any atom is 0.258 e. The molecule has 1 aromatic rings. The third kappa shape index (κ3) is 4.74. The van der Waals surface area contributed by atoms with Crippen molar-refractivity contribution in [3.63, 3.8) is 0 Å². The van der Waals surface area contributed by atoms with Crippen molar-refractivity contribution in [2.75, 3.05) is 6.61 Å². The number of aliphatic imine (C=N–C) groups is 1. The second-order valence-corrected chi connectivity index (χ2v) is 9.92. The van der Waals surface area contributed by atoms with E-state index in [2.05, 4.69) is 22.2 Å². The molecule has 4 aliphatic carbocycles. The molecule has 0 radical (unpaired) electrons. The Hall–Kier alpha value is -2.47. The number of hydrogen-bond acceptors (Lipinski definition) is 5. The highest BCUT2D eigenvalue weighted by Gasteiger charge is 2.51. The average Bonchev–Trinajstić information content (AvgIpc) is 2.70. The van der Waals surface area contributed by atoms with Gasteiger partial charge in [0.05, 0.1) is 6.08 Å². The number of carbonyl (C=O) groups is 1. The van der Waals surface area contributed by atoms with Gasteiger partial charge < -0.3 is 20.1 Å². The quantitative estimate of drug-likeness (QED) is 0.691. The summed E-state index contributed by atoms with van der Waals surface area (Å²) in [6.07, 6.45) is 9.06. The van der Waals surface area contributed by atoms with Crippen molar-refractivity contribution in [1.82, 2.24) is 10.6 Å². The second kappa shape index (κ2) is 8.23. The molecule has 0 aromatic heterocycles. The molecule has 1 aromatic carbocycles. The summed E-state index contributed by atoms with van der Waals surface area (Å²) < 4.78 is 11.5. The topological polar surface area (TPSA) is 72.0 Å². The number of nitrogens with one attached hydrogen (secondary N) is 2. The first kappa shape index (κ1) is 20.4. The Balaban J connectivity index is 1.14. The minimum atomic E-state index is -0.0681. The van der Waals surface area contributed by atoms with Crippen molar-refractivity contribution in [2.24, 2.45) is 22.7 Å². The van der Waals surface area contributed by atoms with Crippen LogP contribution in [0.1, 0.15) is 44.1 Å². The van der Waals surface area contributed by atoms with Crippen LogP contribution in [0, 0.1) is 17.8 Å². The van der Waals surface area contributed by atoms with Gasteiger partial charge in [-0.15, -0.1) is 0 Å². The number of carbonyl (C=O) groups excluding carboxylic acids is 1. The van der Waals surface area contributed by atoms with Crippen molar-refractivity contribution in [3.05, 3.63) is 59.2 Å². The van der Waals surface area contributed by atoms with Crippen LogP contribution in [-0.4, -0.2) is 24.0 Å². The van der Waals surface area contributed by atoms with Gasteiger partial charge in [-0.05, 0) is 74.0 Å². The molecule has 0 unspecified atom stereocenters. The molecule has 1 heterocycles. The number of ether oxygens (including phenoxy) is 2. The van der Waals surface area contributed by atoms with Crippen molar-refractivity contribution in [2.45, 2.75) is 50.7 Å². The minimum absolute atomic E-state index is 0.0124. The lowest BCUT2D eigenvalue weighted by atomic mass is 9.53. The normalized spacial score (nSPS) is 30.9. The predicted molar refractivity (Wildman–Crippen MR) is 119 cm³/mol. The Bertz CT molecular complexity index is 903. The molecule has 31 heavy (non-hydrogen) atoms. The highest BCUT2D eigenvalue weighted by molar-refractivity contribution is 6.30. The van der Waals surface area contributed by atoms with E-state index in [-0.39, 0.29) is 18.1 Å². The van der Waals surface area contributed by atoms with Crippen LogP contribution < -0.4 is 10.6 Å². The summed E-state index contributed by atoms with van der Waals surface area (Å²) in [5.74, 6) is 3.49. The van der Waals surface area contributed by atoms with Crippen LogP contribution in [0.25, 0.3) is 0 Å². The Labute approximate surface area is 187 Å². The minimum Gasteiger partial charge on any atom is -0.473 e. The van der Waals surface area contributed by atoms with Gasteiger partial charge in [0.1, 0.15) is 12.4 Å². The summed E-state index contributed by atoms with van der Waals surface area (Å²) in [7, 11) is 0. The van der Waals surface area contributed by atoms with Gasteiger partial charge in [0, 0.05) is 10.6 Å². The molecule has 4 saturated carbocycles. The Morgan fingerprint density at radius 1 is 1.13 bits per heavy atom. The van der Waals surface area contributed by atoms with E-state index in [9.17, 15) is 4.79 Å². The van der Waals surface area contributed by atoms with E-state index in [0.717, 1.165) is 42.6 Å². The molecule has 0 saturated heterocycles. The van der Waals surface area contributed by atoms with E-state index in [1.165, 1.54) is 19.3 Å². The predicted octanol–water partition coefficient (Wildman–Crippen LogP) is 4.27. The summed E-state index contributed by atoms with van der Waals surface area (Å²) in [5, 5.41) is 6.95. The molecule has 1 aliphatic heterocycles. The molecule has 2 N–H and O–H groups in total. The van der Waals surface area contributed by atoms with Gasteiger partial charge in [-0.25, -0.2) is 0 Å². The first-order valence-electron chi connectivity index (χ1n) is 11.0. The van der Waals surface area contributed by atoms with E-state index in [1.807, 2.05) is 24.3 Å². The van der Waals surface area contributed by atoms with Crippen molar-refractivity contribution in [1.29, 1.82) is 0 Å². The van der Waals surface area contributed by atoms with E-state index < -0.39 is 0 Å². The molecule has 0 atom stereocenters. The van der Waals surface area contributed by atoms with Crippen molar-refractivity contribution in [3.8, 4) is 0 Å². The molecular formula is C24H28ClN3O3. The van der Waals surface area contributed by atoms with Gasteiger partial charge >= 0.3 is 0 Å². The third-order valence-corrected chi connectivity index (χ3v) is 7.12. The molecular weight excluding hydrogens is 414 g/mol. The summed E-state index contributed by atoms with van der Waals surface area (Å²) in [4.78, 5) is 16.9. The fraction of sp³-hybridized carbons (Fsp3) is 0.500. The zero-order valence-electron chi connectivity index (χ0n) is 17.5. The zero-order valence-corrected chi connectivity index (χ0v) is 18.3. The molecule has 1 amide bonds. The number of halogens is 1. The highest BCUT2D eigenvalue weighted by atomic mass is 35.5. The lowest BCUT2D eigenvalue weighted by Crippen LogP contribution is -2.60. The molecule has 4 fully saturated rings. The van der Waals surface area contributed by atoms with Gasteiger partial charge in [0.25, 0.3) is 5.91 Å². The van der Waals surface area contributed by atoms with Crippen molar-refractivity contribution < 1.29 is 14.3 Å². The molecule has 164 valence electrons. The fourth-order valence-electron chi connectivity index (χ4n) is 6.11. The maximum absolute atomic E-state index is 12.7. The SMILES string of the molecule is C=C1N=C(OCc2ccc(Cl)cc2)C=C(OCC(=O)NC23CC4CC(CC(C4)C2)C3)N1. The largest absolute Gasteiger partial charge is 0.473 e. The third-order valence-electron chi connectivity index (χ3n) is 6.87. The van der Waals surface area contributed by atoms with Gasteiger partial charge in [-0.3, -0.25) is 4.79 Å². The van der Waals surface area contributed by atoms with Gasteiger partial charge in [-0.1, -0.05) is 30.3 Å². The van der Waals surface area contributed by atoms with Crippen molar-refractivity contribution >= 4 is 23.4 Å². The maximum atomic E-state index is 12.7. The summed E-state index contributed by atoms with van der Waals surface area (Å²) in [6, 6.07) is 7.43. The number of hydrogen-bond donors (Lipinski definition) is 2. The van der Waals surface area contributed by atoms with Gasteiger partial charge in [0.2, 0.25) is 5.90 Å². The van der Waals surface area contributed by atoms with Crippen LogP contribution in [0.3, 0.4) is 0 Å². The lowest BCUT2D eigenvalue weighted by Gasteiger charge is -2.56. The summed E-state index contributed by atoms with van der Waals surface area (Å²) >= 11 is 5.91. The first-order chi connectivity index (χ1) is 14.9. The van der Waals surface area contributed by atoms with Crippen LogP contribution in [0.5, 0.6) is 0 Å². The molecule has 7 heteroatoms. The number of amides is 1. The number of benzene rings is 1. The Morgan fingerprint density at radius 3 is 2.42 bits per heavy atom. The molecule has 4 bridgehead atoms. The Morgan fingerprint density at radius 2 is 1.77 bits per heavy atom. The number of nitrogens with zero attached hydrogens (tertiary/aromatic N) is 1. The van der Waals surface area contributed by atoms with E-state index >= 15 is 0 Å². The number of rotatable bonds is 6. The summed E-state index contributed by atoms with van der Waals surface area (Å²) in [6.45, 7) is 4.14. The molecule has 0 spiro atoms. The van der Waals surface area contributed by atoms with Crippen LogP contribution in [0.2, 0.25) is 5.02 Å². The fourth-order valence-corrected chi connectivity index (χ4v) is 6.24. The first-order valence-corrected chi connectivity index (χ1v) is 11.4. The van der Waals surface area contributed by atoms with Gasteiger partial charge in [0.15, 0.2) is 12.5 Å². The van der Waals surface area contributed by atoms with Crippen LogP contribution >= 0.6 is 11.6 Å². The average molecular weight is 442 g/mol. The van der Waals surface area contributed by atoms with Gasteiger partial charge in [-0.2, -0.15) is 4.99 Å². The van der Waals surface area contributed by atoms with E-state index in [0.29, 0.717) is 29.2 Å². The zero-order chi connectivity index (χ0) is 21.4. The molecule has 6 nitrogen and oxygen atoms in total. The van der Waals surface area contributed by atoms with Crippen LogP contribution in [-0.2, 0) is 20.9 Å². The second-order valence-electron chi connectivity index (χ2n) is 9.48. The lowest BCUT2D eigenvalue weighted by molar-refractivity contribution is -0.130. The highest BCUT2D eigenvalue weighted by Crippen LogP contribution is 2.55. The van der Waals surface area contributed by atoms with E-state index in [4.69, 9.17) is 21.1 Å². The molecule has 6 rings (SSSR count). The van der Waals surface area contributed by atoms with E-state index in [1.54, 1.807) is 6.08 Å². The monoisotopic (exact) mass is 441 g/mol. The molecule has 5 aliphatic rings.